The highest BCUT2D eigenvalue weighted by atomic mass is 16.5. The molecule has 1 saturated heterocycles. The standard InChI is InChI=1S/C21H27N5O4/c1-14-9-18(25-30-14)12-23-20(28)15-5-3-7-17(13-26(2)19(27)10-15)24-21(29)16-6-4-8-22-11-16/h4,6,8-9,11,15,17H,3,5,7,10,12-13H2,1-2H3,(H,23,28)(H,24,29)/t15-,17-/m1/s1. The highest BCUT2D eigenvalue weighted by Crippen LogP contribution is 2.19. The average Bonchev–Trinajstić information content (AvgIpc) is 3.18. The number of aromatic nitrogens is 2. The first-order chi connectivity index (χ1) is 14.4. The lowest BCUT2D eigenvalue weighted by Gasteiger charge is -2.24. The van der Waals surface area contributed by atoms with Crippen molar-refractivity contribution >= 4 is 17.7 Å². The van der Waals surface area contributed by atoms with Crippen LogP contribution in [0.3, 0.4) is 0 Å². The number of aryl methyl sites for hydroxylation is 1. The number of nitrogens with one attached hydrogen (secondary N) is 2. The number of carbonyl (C=O) groups excluding carboxylic acids is 3. The molecule has 9 heteroatoms. The Balaban J connectivity index is 1.58. The fraction of sp³-hybridized carbons (Fsp3) is 0.476. The van der Waals surface area contributed by atoms with Gasteiger partial charge in [-0.05, 0) is 31.9 Å². The van der Waals surface area contributed by atoms with Gasteiger partial charge in [-0.3, -0.25) is 19.4 Å². The summed E-state index contributed by atoms with van der Waals surface area (Å²) in [4.78, 5) is 43.2. The molecule has 2 N–H and O–H groups in total. The third-order valence-corrected chi connectivity index (χ3v) is 5.20. The van der Waals surface area contributed by atoms with Gasteiger partial charge in [0.15, 0.2) is 0 Å². The van der Waals surface area contributed by atoms with Gasteiger partial charge in [-0.25, -0.2) is 0 Å². The molecule has 0 radical (unpaired) electrons. The van der Waals surface area contributed by atoms with Crippen molar-refractivity contribution < 1.29 is 18.9 Å². The Morgan fingerprint density at radius 2 is 2.17 bits per heavy atom. The minimum atomic E-state index is -0.416. The van der Waals surface area contributed by atoms with Crippen LogP contribution in [0.2, 0.25) is 0 Å². The van der Waals surface area contributed by atoms with E-state index < -0.39 is 5.92 Å². The van der Waals surface area contributed by atoms with E-state index in [1.54, 1.807) is 43.3 Å². The number of rotatable bonds is 5. The molecule has 0 aromatic carbocycles. The Morgan fingerprint density at radius 1 is 1.33 bits per heavy atom. The van der Waals surface area contributed by atoms with Gasteiger partial charge in [0.25, 0.3) is 5.91 Å². The van der Waals surface area contributed by atoms with Crippen LogP contribution in [0.15, 0.2) is 35.1 Å². The van der Waals surface area contributed by atoms with Crippen molar-refractivity contribution in [3.8, 4) is 0 Å². The number of hydrogen-bond acceptors (Lipinski definition) is 6. The lowest BCUT2D eigenvalue weighted by atomic mass is 9.96. The predicted octanol–water partition coefficient (Wildman–Crippen LogP) is 1.44. The van der Waals surface area contributed by atoms with Crippen LogP contribution in [-0.4, -0.2) is 52.4 Å². The molecule has 3 amide bonds. The number of nitrogens with zero attached hydrogens (tertiary/aromatic N) is 3. The lowest BCUT2D eigenvalue weighted by molar-refractivity contribution is -0.135. The number of likely N-dealkylation sites (N-methyl/N-ethyl adjacent to an activating group) is 1. The molecule has 1 aliphatic heterocycles. The molecule has 30 heavy (non-hydrogen) atoms. The summed E-state index contributed by atoms with van der Waals surface area (Å²) in [5.74, 6) is -0.241. The molecule has 3 heterocycles. The Morgan fingerprint density at radius 3 is 2.87 bits per heavy atom. The van der Waals surface area contributed by atoms with Gasteiger partial charge >= 0.3 is 0 Å². The molecule has 0 aliphatic carbocycles. The van der Waals surface area contributed by atoms with Crippen LogP contribution in [-0.2, 0) is 16.1 Å². The van der Waals surface area contributed by atoms with Crippen LogP contribution in [0.4, 0.5) is 0 Å². The first-order valence-corrected chi connectivity index (χ1v) is 10.1. The van der Waals surface area contributed by atoms with Gasteiger partial charge in [0.2, 0.25) is 11.8 Å². The fourth-order valence-corrected chi connectivity index (χ4v) is 3.53. The van der Waals surface area contributed by atoms with E-state index in [2.05, 4.69) is 20.8 Å². The molecule has 0 unspecified atom stereocenters. The van der Waals surface area contributed by atoms with Crippen molar-refractivity contribution in [2.24, 2.45) is 5.92 Å². The molecule has 0 bridgehead atoms. The van der Waals surface area contributed by atoms with E-state index in [0.717, 1.165) is 6.42 Å². The minimum Gasteiger partial charge on any atom is -0.361 e. The molecule has 1 aliphatic rings. The van der Waals surface area contributed by atoms with Crippen LogP contribution in [0.1, 0.15) is 47.5 Å². The van der Waals surface area contributed by atoms with Crippen LogP contribution >= 0.6 is 0 Å². The van der Waals surface area contributed by atoms with Gasteiger partial charge in [-0.15, -0.1) is 0 Å². The molecule has 1 fully saturated rings. The summed E-state index contributed by atoms with van der Waals surface area (Å²) in [7, 11) is 1.70. The topological polar surface area (TPSA) is 117 Å². The highest BCUT2D eigenvalue weighted by Gasteiger charge is 2.28. The normalized spacial score (nSPS) is 20.1. The molecule has 9 nitrogen and oxygen atoms in total. The molecular weight excluding hydrogens is 386 g/mol. The molecule has 160 valence electrons. The van der Waals surface area contributed by atoms with Gasteiger partial charge in [0.1, 0.15) is 11.5 Å². The van der Waals surface area contributed by atoms with Gasteiger partial charge in [-0.2, -0.15) is 0 Å². The van der Waals surface area contributed by atoms with Gasteiger partial charge in [-0.1, -0.05) is 11.6 Å². The number of hydrogen-bond donors (Lipinski definition) is 2. The third-order valence-electron chi connectivity index (χ3n) is 5.20. The van der Waals surface area contributed by atoms with E-state index in [0.29, 0.717) is 36.4 Å². The largest absolute Gasteiger partial charge is 0.361 e. The summed E-state index contributed by atoms with van der Waals surface area (Å²) in [6.07, 6.45) is 5.23. The van der Waals surface area contributed by atoms with E-state index in [-0.39, 0.29) is 36.7 Å². The minimum absolute atomic E-state index is 0.116. The van der Waals surface area contributed by atoms with Gasteiger partial charge in [0.05, 0.1) is 12.1 Å². The summed E-state index contributed by atoms with van der Waals surface area (Å²) >= 11 is 0. The highest BCUT2D eigenvalue weighted by molar-refractivity contribution is 5.94. The zero-order valence-electron chi connectivity index (χ0n) is 17.3. The Bertz CT molecular complexity index is 883. The first kappa shape index (κ1) is 21.5. The van der Waals surface area contributed by atoms with Gasteiger partial charge in [0, 0.05) is 50.4 Å². The van der Waals surface area contributed by atoms with Crippen LogP contribution in [0.5, 0.6) is 0 Å². The van der Waals surface area contributed by atoms with E-state index in [4.69, 9.17) is 4.52 Å². The number of amides is 3. The fourth-order valence-electron chi connectivity index (χ4n) is 3.53. The second-order valence-corrected chi connectivity index (χ2v) is 7.67. The van der Waals surface area contributed by atoms with E-state index in [1.807, 2.05) is 0 Å². The van der Waals surface area contributed by atoms with Crippen molar-refractivity contribution in [1.82, 2.24) is 25.7 Å². The molecule has 2 aromatic heterocycles. The van der Waals surface area contributed by atoms with E-state index >= 15 is 0 Å². The molecule has 0 spiro atoms. The summed E-state index contributed by atoms with van der Waals surface area (Å²) in [6.45, 7) is 2.45. The Labute approximate surface area is 175 Å². The zero-order chi connectivity index (χ0) is 21.5. The van der Waals surface area contributed by atoms with Gasteiger partial charge < -0.3 is 20.1 Å². The molecule has 3 rings (SSSR count). The second-order valence-electron chi connectivity index (χ2n) is 7.67. The summed E-state index contributed by atoms with van der Waals surface area (Å²) in [5.41, 5.74) is 1.12. The zero-order valence-corrected chi connectivity index (χ0v) is 17.3. The second kappa shape index (κ2) is 10.00. The molecule has 2 aromatic rings. The summed E-state index contributed by atoms with van der Waals surface area (Å²) in [6, 6.07) is 4.98. The maximum Gasteiger partial charge on any atom is 0.253 e. The Kier molecular flexibility index (Phi) is 7.16. The average molecular weight is 413 g/mol. The Hall–Kier alpha value is -3.23. The maximum atomic E-state index is 12.6. The van der Waals surface area contributed by atoms with Crippen molar-refractivity contribution in [3.05, 3.63) is 47.6 Å². The van der Waals surface area contributed by atoms with E-state index in [1.165, 1.54) is 6.20 Å². The molecule has 0 saturated carbocycles. The SMILES string of the molecule is Cc1cc(CNC(=O)[C@@H]2CCC[C@@H](NC(=O)c3cccnc3)CN(C)C(=O)C2)no1. The summed E-state index contributed by atoms with van der Waals surface area (Å²) in [5, 5.41) is 9.69. The number of carbonyl (C=O) groups is 3. The third kappa shape index (κ3) is 5.88. The van der Waals surface area contributed by atoms with Crippen molar-refractivity contribution in [2.45, 2.75) is 45.2 Å². The lowest BCUT2D eigenvalue weighted by Crippen LogP contribution is -2.44. The predicted molar refractivity (Wildman–Crippen MR) is 108 cm³/mol. The maximum absolute atomic E-state index is 12.6. The smallest absolute Gasteiger partial charge is 0.253 e. The van der Waals surface area contributed by atoms with Crippen molar-refractivity contribution in [3.63, 3.8) is 0 Å². The molecular formula is C21H27N5O4. The molecule has 2 atom stereocenters. The van der Waals surface area contributed by atoms with Crippen molar-refractivity contribution in [1.29, 1.82) is 0 Å². The van der Waals surface area contributed by atoms with E-state index in [9.17, 15) is 14.4 Å². The first-order valence-electron chi connectivity index (χ1n) is 10.1. The quantitative estimate of drug-likeness (QED) is 0.766. The van der Waals surface area contributed by atoms with Crippen LogP contribution < -0.4 is 10.6 Å². The van der Waals surface area contributed by atoms with Crippen LogP contribution in [0.25, 0.3) is 0 Å². The van der Waals surface area contributed by atoms with Crippen molar-refractivity contribution in [2.75, 3.05) is 13.6 Å². The van der Waals surface area contributed by atoms with Crippen LogP contribution in [0, 0.1) is 12.8 Å². The number of pyridine rings is 1. The monoisotopic (exact) mass is 413 g/mol. The summed E-state index contributed by atoms with van der Waals surface area (Å²) < 4.78 is 5.00.